The number of hydrogen-bond donors (Lipinski definition) is 1. The van der Waals surface area contributed by atoms with Gasteiger partial charge in [-0.1, -0.05) is 12.8 Å². The molecule has 4 bridgehead atoms. The summed E-state index contributed by atoms with van der Waals surface area (Å²) in [6, 6.07) is 0.558. The van der Waals surface area contributed by atoms with Gasteiger partial charge in [0.2, 0.25) is 0 Å². The Morgan fingerprint density at radius 3 is 1.94 bits per heavy atom. The van der Waals surface area contributed by atoms with Crippen molar-refractivity contribution < 1.29 is 0 Å². The Hall–Kier alpha value is -0.0400. The van der Waals surface area contributed by atoms with E-state index in [-0.39, 0.29) is 0 Å². The second kappa shape index (κ2) is 3.48. The Balaban J connectivity index is 1.50. The second-order valence-electron chi connectivity index (χ2n) is 7.35. The normalized spacial score (nSPS) is 51.9. The molecule has 0 aliphatic heterocycles. The SMILES string of the molecule is NC(CC1CC1)C1C2CC3CC(C2)CC1C3. The van der Waals surface area contributed by atoms with Gasteiger partial charge in [0.25, 0.3) is 0 Å². The van der Waals surface area contributed by atoms with Gasteiger partial charge in [-0.2, -0.15) is 0 Å². The minimum Gasteiger partial charge on any atom is -0.327 e. The quantitative estimate of drug-likeness (QED) is 0.775. The smallest absolute Gasteiger partial charge is 0.00751 e. The molecule has 0 radical (unpaired) electrons. The van der Waals surface area contributed by atoms with Crippen molar-refractivity contribution in [3.05, 3.63) is 0 Å². The molecular weight excluding hydrogens is 194 g/mol. The maximum absolute atomic E-state index is 6.54. The summed E-state index contributed by atoms with van der Waals surface area (Å²) in [4.78, 5) is 0. The molecule has 5 aliphatic rings. The van der Waals surface area contributed by atoms with Gasteiger partial charge in [0, 0.05) is 6.04 Å². The zero-order valence-electron chi connectivity index (χ0n) is 10.3. The lowest BCUT2D eigenvalue weighted by Crippen LogP contribution is -2.51. The summed E-state index contributed by atoms with van der Waals surface area (Å²) in [5, 5.41) is 0. The van der Waals surface area contributed by atoms with Crippen molar-refractivity contribution in [3.8, 4) is 0 Å². The molecule has 1 nitrogen and oxygen atoms in total. The summed E-state index contributed by atoms with van der Waals surface area (Å²) in [6.07, 6.45) is 12.0. The lowest BCUT2D eigenvalue weighted by Gasteiger charge is -2.56. The third-order valence-electron chi connectivity index (χ3n) is 6.10. The van der Waals surface area contributed by atoms with Gasteiger partial charge < -0.3 is 5.73 Å². The zero-order chi connectivity index (χ0) is 10.7. The van der Waals surface area contributed by atoms with Gasteiger partial charge >= 0.3 is 0 Å². The van der Waals surface area contributed by atoms with E-state index in [1.165, 1.54) is 44.9 Å². The largest absolute Gasteiger partial charge is 0.327 e. The van der Waals surface area contributed by atoms with Crippen molar-refractivity contribution in [1.82, 2.24) is 0 Å². The summed E-state index contributed by atoms with van der Waals surface area (Å²) >= 11 is 0. The number of hydrogen-bond acceptors (Lipinski definition) is 1. The topological polar surface area (TPSA) is 26.0 Å². The molecule has 0 aromatic carbocycles. The summed E-state index contributed by atoms with van der Waals surface area (Å²) in [5.41, 5.74) is 6.54. The number of rotatable bonds is 3. The summed E-state index contributed by atoms with van der Waals surface area (Å²) in [6.45, 7) is 0. The van der Waals surface area contributed by atoms with E-state index in [1.54, 1.807) is 6.42 Å². The minimum atomic E-state index is 0.558. The van der Waals surface area contributed by atoms with E-state index >= 15 is 0 Å². The second-order valence-corrected chi connectivity index (χ2v) is 7.35. The van der Waals surface area contributed by atoms with Crippen LogP contribution in [0.15, 0.2) is 0 Å². The van der Waals surface area contributed by atoms with Crippen molar-refractivity contribution >= 4 is 0 Å². The molecule has 0 saturated heterocycles. The predicted octanol–water partition coefficient (Wildman–Crippen LogP) is 3.19. The molecule has 5 aliphatic carbocycles. The van der Waals surface area contributed by atoms with Gasteiger partial charge in [-0.15, -0.1) is 0 Å². The fourth-order valence-corrected chi connectivity index (χ4v) is 5.56. The van der Waals surface area contributed by atoms with Crippen molar-refractivity contribution in [2.45, 2.75) is 57.4 Å². The maximum Gasteiger partial charge on any atom is 0.00751 e. The van der Waals surface area contributed by atoms with Crippen molar-refractivity contribution in [1.29, 1.82) is 0 Å². The average molecular weight is 219 g/mol. The van der Waals surface area contributed by atoms with E-state index in [4.69, 9.17) is 5.73 Å². The van der Waals surface area contributed by atoms with Gasteiger partial charge in [-0.05, 0) is 74.0 Å². The molecule has 0 aromatic heterocycles. The lowest BCUT2D eigenvalue weighted by molar-refractivity contribution is -0.0481. The summed E-state index contributed by atoms with van der Waals surface area (Å²) in [7, 11) is 0. The minimum absolute atomic E-state index is 0.558. The third kappa shape index (κ3) is 1.54. The molecule has 5 fully saturated rings. The Bertz CT molecular complexity index is 253. The lowest BCUT2D eigenvalue weighted by atomic mass is 9.50. The molecule has 0 amide bonds. The van der Waals surface area contributed by atoms with E-state index < -0.39 is 0 Å². The fraction of sp³-hybridized carbons (Fsp3) is 1.00. The van der Waals surface area contributed by atoms with Crippen LogP contribution in [0, 0.1) is 35.5 Å². The van der Waals surface area contributed by atoms with Crippen LogP contribution in [0.25, 0.3) is 0 Å². The molecule has 1 atom stereocenters. The van der Waals surface area contributed by atoms with Crippen LogP contribution in [-0.4, -0.2) is 6.04 Å². The Labute approximate surface area is 99.2 Å². The van der Waals surface area contributed by atoms with Crippen LogP contribution in [0.2, 0.25) is 0 Å². The highest BCUT2D eigenvalue weighted by Gasteiger charge is 2.50. The van der Waals surface area contributed by atoms with Gasteiger partial charge in [0.15, 0.2) is 0 Å². The van der Waals surface area contributed by atoms with Gasteiger partial charge in [0.05, 0.1) is 0 Å². The monoisotopic (exact) mass is 219 g/mol. The van der Waals surface area contributed by atoms with Crippen LogP contribution >= 0.6 is 0 Å². The third-order valence-corrected chi connectivity index (χ3v) is 6.10. The molecule has 0 heterocycles. The Morgan fingerprint density at radius 1 is 0.875 bits per heavy atom. The van der Waals surface area contributed by atoms with Crippen LogP contribution in [0.5, 0.6) is 0 Å². The fourth-order valence-electron chi connectivity index (χ4n) is 5.56. The molecule has 16 heavy (non-hydrogen) atoms. The molecule has 0 spiro atoms. The van der Waals surface area contributed by atoms with Crippen LogP contribution in [0.1, 0.15) is 51.4 Å². The number of nitrogens with two attached hydrogens (primary N) is 1. The molecule has 1 unspecified atom stereocenters. The predicted molar refractivity (Wildman–Crippen MR) is 65.9 cm³/mol. The van der Waals surface area contributed by atoms with Crippen molar-refractivity contribution in [2.24, 2.45) is 41.2 Å². The van der Waals surface area contributed by atoms with Crippen molar-refractivity contribution in [2.75, 3.05) is 0 Å². The first kappa shape index (κ1) is 9.94. The van der Waals surface area contributed by atoms with Gasteiger partial charge in [-0.25, -0.2) is 0 Å². The summed E-state index contributed by atoms with van der Waals surface area (Å²) < 4.78 is 0. The van der Waals surface area contributed by atoms with Crippen LogP contribution in [0.4, 0.5) is 0 Å². The van der Waals surface area contributed by atoms with E-state index in [0.29, 0.717) is 6.04 Å². The van der Waals surface area contributed by atoms with E-state index in [9.17, 15) is 0 Å². The molecule has 5 rings (SSSR count). The van der Waals surface area contributed by atoms with Crippen LogP contribution in [0.3, 0.4) is 0 Å². The van der Waals surface area contributed by atoms with Gasteiger partial charge in [-0.3, -0.25) is 0 Å². The maximum atomic E-state index is 6.54. The van der Waals surface area contributed by atoms with E-state index in [1.807, 2.05) is 0 Å². The first-order chi connectivity index (χ1) is 7.79. The Kier molecular flexibility index (Phi) is 2.16. The molecule has 90 valence electrons. The first-order valence-corrected chi connectivity index (χ1v) is 7.55. The zero-order valence-corrected chi connectivity index (χ0v) is 10.3. The van der Waals surface area contributed by atoms with E-state index in [0.717, 1.165) is 35.5 Å². The van der Waals surface area contributed by atoms with Crippen LogP contribution < -0.4 is 5.73 Å². The molecular formula is C15H25N. The standard InChI is InChI=1S/C15H25N/c16-14(8-9-1-2-9)15-12-4-10-3-11(6-12)7-13(15)5-10/h9-15H,1-8,16H2. The van der Waals surface area contributed by atoms with Crippen molar-refractivity contribution in [3.63, 3.8) is 0 Å². The van der Waals surface area contributed by atoms with E-state index in [2.05, 4.69) is 0 Å². The summed E-state index contributed by atoms with van der Waals surface area (Å²) in [5.74, 6) is 6.22. The highest BCUT2D eigenvalue weighted by atomic mass is 14.7. The highest BCUT2D eigenvalue weighted by Crippen LogP contribution is 2.57. The molecule has 1 heteroatoms. The molecule has 2 N–H and O–H groups in total. The van der Waals surface area contributed by atoms with Crippen LogP contribution in [-0.2, 0) is 0 Å². The highest BCUT2D eigenvalue weighted by molar-refractivity contribution is 5.01. The van der Waals surface area contributed by atoms with Gasteiger partial charge in [0.1, 0.15) is 0 Å². The molecule has 5 saturated carbocycles. The Morgan fingerprint density at radius 2 is 1.44 bits per heavy atom. The molecule has 0 aromatic rings. The average Bonchev–Trinajstić information content (AvgIpc) is 2.99. The first-order valence-electron chi connectivity index (χ1n) is 7.55.